The Balaban J connectivity index is 1.62. The Morgan fingerprint density at radius 3 is 2.45 bits per heavy atom. The molecule has 1 aromatic heterocycles. The standard InChI is InChI=1S/C23H16ClNO4/c1-28-17-9-6-14(7-10-17)22(26)25-16-8-11-18(20(24)13-16)19-12-15-4-2-3-5-21(15)29-23(19)27/h2-13H,1H3,(H,25,26). The van der Waals surface area contributed by atoms with Crippen LogP contribution in [0.25, 0.3) is 22.1 Å². The number of nitrogens with one attached hydrogen (secondary N) is 1. The van der Waals surface area contributed by atoms with Gasteiger partial charge in [-0.2, -0.15) is 0 Å². The number of hydrogen-bond donors (Lipinski definition) is 1. The number of hydrogen-bond acceptors (Lipinski definition) is 4. The number of rotatable bonds is 4. The summed E-state index contributed by atoms with van der Waals surface area (Å²) in [6.07, 6.45) is 0. The van der Waals surface area contributed by atoms with Crippen molar-refractivity contribution in [3.05, 3.63) is 93.8 Å². The molecule has 0 unspecified atom stereocenters. The van der Waals surface area contributed by atoms with Crippen LogP contribution in [0.5, 0.6) is 5.75 Å². The lowest BCUT2D eigenvalue weighted by Gasteiger charge is -2.09. The van der Waals surface area contributed by atoms with E-state index < -0.39 is 5.63 Å². The molecule has 0 saturated carbocycles. The van der Waals surface area contributed by atoms with Gasteiger partial charge in [0.25, 0.3) is 5.91 Å². The van der Waals surface area contributed by atoms with Gasteiger partial charge in [0.2, 0.25) is 0 Å². The minimum Gasteiger partial charge on any atom is -0.497 e. The molecule has 1 amide bonds. The second-order valence-corrected chi connectivity index (χ2v) is 6.77. The van der Waals surface area contributed by atoms with Gasteiger partial charge in [0, 0.05) is 22.2 Å². The first kappa shape index (κ1) is 18.8. The van der Waals surface area contributed by atoms with E-state index in [1.807, 2.05) is 12.1 Å². The maximum atomic E-state index is 12.4. The van der Waals surface area contributed by atoms with Crippen LogP contribution in [0.2, 0.25) is 5.02 Å². The molecule has 1 N–H and O–H groups in total. The van der Waals surface area contributed by atoms with E-state index in [4.69, 9.17) is 20.8 Å². The second kappa shape index (κ2) is 7.81. The topological polar surface area (TPSA) is 68.5 Å². The summed E-state index contributed by atoms with van der Waals surface area (Å²) in [4.78, 5) is 24.8. The Morgan fingerprint density at radius 1 is 0.966 bits per heavy atom. The summed E-state index contributed by atoms with van der Waals surface area (Å²) >= 11 is 6.41. The number of anilines is 1. The Hall–Kier alpha value is -3.57. The summed E-state index contributed by atoms with van der Waals surface area (Å²) < 4.78 is 10.5. The van der Waals surface area contributed by atoms with E-state index in [-0.39, 0.29) is 5.91 Å². The van der Waals surface area contributed by atoms with Gasteiger partial charge < -0.3 is 14.5 Å². The number of methoxy groups -OCH3 is 1. The largest absolute Gasteiger partial charge is 0.497 e. The molecule has 4 aromatic rings. The first-order valence-corrected chi connectivity index (χ1v) is 9.21. The van der Waals surface area contributed by atoms with Crippen molar-refractivity contribution in [3.63, 3.8) is 0 Å². The minimum atomic E-state index is -0.472. The van der Waals surface area contributed by atoms with Gasteiger partial charge in [-0.05, 0) is 48.5 Å². The van der Waals surface area contributed by atoms with Crippen molar-refractivity contribution in [3.8, 4) is 16.9 Å². The highest BCUT2D eigenvalue weighted by Crippen LogP contribution is 2.30. The zero-order chi connectivity index (χ0) is 20.4. The van der Waals surface area contributed by atoms with Crippen LogP contribution < -0.4 is 15.7 Å². The highest BCUT2D eigenvalue weighted by molar-refractivity contribution is 6.33. The summed E-state index contributed by atoms with van der Waals surface area (Å²) in [6.45, 7) is 0. The third-order valence-corrected chi connectivity index (χ3v) is 4.82. The van der Waals surface area contributed by atoms with Crippen LogP contribution in [0.1, 0.15) is 10.4 Å². The van der Waals surface area contributed by atoms with E-state index in [2.05, 4.69) is 5.32 Å². The smallest absolute Gasteiger partial charge is 0.344 e. The van der Waals surface area contributed by atoms with Crippen LogP contribution in [0.15, 0.2) is 82.0 Å². The molecule has 29 heavy (non-hydrogen) atoms. The zero-order valence-electron chi connectivity index (χ0n) is 15.4. The van der Waals surface area contributed by atoms with E-state index >= 15 is 0 Å². The van der Waals surface area contributed by atoms with Crippen molar-refractivity contribution < 1.29 is 13.9 Å². The van der Waals surface area contributed by atoms with Crippen LogP contribution in [-0.4, -0.2) is 13.0 Å². The number of halogens is 1. The number of carbonyl (C=O) groups is 1. The number of fused-ring (bicyclic) bond motifs is 1. The fraction of sp³-hybridized carbons (Fsp3) is 0.0435. The van der Waals surface area contributed by atoms with Crippen molar-refractivity contribution in [2.24, 2.45) is 0 Å². The van der Waals surface area contributed by atoms with Gasteiger partial charge in [0.05, 0.1) is 17.7 Å². The number of amides is 1. The molecule has 6 heteroatoms. The quantitative estimate of drug-likeness (QED) is 0.463. The Morgan fingerprint density at radius 2 is 1.72 bits per heavy atom. The maximum Gasteiger partial charge on any atom is 0.344 e. The van der Waals surface area contributed by atoms with Crippen LogP contribution in [0.3, 0.4) is 0 Å². The van der Waals surface area contributed by atoms with Crippen LogP contribution >= 0.6 is 11.6 Å². The van der Waals surface area contributed by atoms with E-state index in [1.165, 1.54) is 0 Å². The van der Waals surface area contributed by atoms with Crippen molar-refractivity contribution >= 4 is 34.2 Å². The predicted octanol–water partition coefficient (Wildman–Crippen LogP) is 5.37. The van der Waals surface area contributed by atoms with Gasteiger partial charge >= 0.3 is 5.63 Å². The zero-order valence-corrected chi connectivity index (χ0v) is 16.2. The van der Waals surface area contributed by atoms with Crippen molar-refractivity contribution in [2.75, 3.05) is 12.4 Å². The summed E-state index contributed by atoms with van der Waals surface area (Å²) in [5, 5.41) is 3.93. The van der Waals surface area contributed by atoms with Gasteiger partial charge in [0.1, 0.15) is 11.3 Å². The SMILES string of the molecule is COc1ccc(C(=O)Nc2ccc(-c3cc4ccccc4oc3=O)c(Cl)c2)cc1. The summed E-state index contributed by atoms with van der Waals surface area (Å²) in [6, 6.07) is 20.8. The van der Waals surface area contributed by atoms with Crippen LogP contribution in [-0.2, 0) is 0 Å². The Labute approximate surface area is 171 Å². The molecule has 0 aliphatic carbocycles. The van der Waals surface area contributed by atoms with Gasteiger partial charge in [-0.25, -0.2) is 4.79 Å². The van der Waals surface area contributed by atoms with E-state index in [1.54, 1.807) is 67.8 Å². The third kappa shape index (κ3) is 3.86. The predicted molar refractivity (Wildman–Crippen MR) is 114 cm³/mol. The van der Waals surface area contributed by atoms with Gasteiger partial charge in [-0.3, -0.25) is 4.79 Å². The van der Waals surface area contributed by atoms with Gasteiger partial charge in [-0.15, -0.1) is 0 Å². The van der Waals surface area contributed by atoms with Gasteiger partial charge in [-0.1, -0.05) is 35.9 Å². The lowest BCUT2D eigenvalue weighted by Crippen LogP contribution is -2.12. The van der Waals surface area contributed by atoms with E-state index in [9.17, 15) is 9.59 Å². The molecule has 0 spiro atoms. The van der Waals surface area contributed by atoms with Crippen LogP contribution in [0, 0.1) is 0 Å². The average Bonchev–Trinajstić information content (AvgIpc) is 2.73. The molecular formula is C23H16ClNO4. The van der Waals surface area contributed by atoms with E-state index in [0.717, 1.165) is 5.39 Å². The van der Waals surface area contributed by atoms with Crippen molar-refractivity contribution in [2.45, 2.75) is 0 Å². The number of ether oxygens (including phenoxy) is 1. The van der Waals surface area contributed by atoms with Crippen LogP contribution in [0.4, 0.5) is 5.69 Å². The summed E-state index contributed by atoms with van der Waals surface area (Å²) in [5.74, 6) is 0.393. The second-order valence-electron chi connectivity index (χ2n) is 6.36. The fourth-order valence-corrected chi connectivity index (χ4v) is 3.29. The maximum absolute atomic E-state index is 12.4. The Kier molecular flexibility index (Phi) is 5.06. The normalized spacial score (nSPS) is 10.7. The molecule has 0 saturated heterocycles. The van der Waals surface area contributed by atoms with Crippen molar-refractivity contribution in [1.29, 1.82) is 0 Å². The number of carbonyl (C=O) groups excluding carboxylic acids is 1. The summed E-state index contributed by atoms with van der Waals surface area (Å²) in [5.41, 5.74) is 1.95. The molecule has 0 fully saturated rings. The monoisotopic (exact) mass is 405 g/mol. The first-order valence-electron chi connectivity index (χ1n) is 8.83. The highest BCUT2D eigenvalue weighted by Gasteiger charge is 2.13. The molecule has 0 radical (unpaired) electrons. The molecule has 5 nitrogen and oxygen atoms in total. The van der Waals surface area contributed by atoms with Crippen molar-refractivity contribution in [1.82, 2.24) is 0 Å². The fourth-order valence-electron chi connectivity index (χ4n) is 3.01. The van der Waals surface area contributed by atoms with E-state index in [0.29, 0.717) is 38.7 Å². The molecule has 0 aliphatic rings. The Bertz CT molecular complexity index is 1260. The third-order valence-electron chi connectivity index (χ3n) is 4.51. The lowest BCUT2D eigenvalue weighted by molar-refractivity contribution is 0.102. The summed E-state index contributed by atoms with van der Waals surface area (Å²) in [7, 11) is 1.56. The lowest BCUT2D eigenvalue weighted by atomic mass is 10.1. The molecule has 4 rings (SSSR count). The first-order chi connectivity index (χ1) is 14.0. The van der Waals surface area contributed by atoms with Gasteiger partial charge in [0.15, 0.2) is 0 Å². The average molecular weight is 406 g/mol. The highest BCUT2D eigenvalue weighted by atomic mass is 35.5. The molecule has 0 aliphatic heterocycles. The number of para-hydroxylation sites is 1. The molecule has 3 aromatic carbocycles. The molecule has 144 valence electrons. The molecular weight excluding hydrogens is 390 g/mol. The molecule has 0 bridgehead atoms. The number of benzene rings is 3. The molecule has 1 heterocycles. The minimum absolute atomic E-state index is 0.276. The molecule has 0 atom stereocenters.